The molecule has 1 fully saturated rings. The molecule has 0 aromatic carbocycles. The molecule has 8 nitrogen and oxygen atoms in total. The van der Waals surface area contributed by atoms with Crippen molar-refractivity contribution in [2.45, 2.75) is 38.5 Å². The summed E-state index contributed by atoms with van der Waals surface area (Å²) in [5.41, 5.74) is -0.742. The predicted octanol–water partition coefficient (Wildman–Crippen LogP) is -0.849. The van der Waals surface area contributed by atoms with Crippen LogP contribution in [0.25, 0.3) is 0 Å². The highest BCUT2D eigenvalue weighted by molar-refractivity contribution is 7.91. The Bertz CT molecular complexity index is 632. The van der Waals surface area contributed by atoms with Crippen LogP contribution in [-0.2, 0) is 26.8 Å². The summed E-state index contributed by atoms with van der Waals surface area (Å²) in [4.78, 5) is 13.6. The second-order valence-electron chi connectivity index (χ2n) is 5.92. The van der Waals surface area contributed by atoms with Crippen molar-refractivity contribution in [3.63, 3.8) is 0 Å². The fourth-order valence-electron chi connectivity index (χ4n) is 2.19. The van der Waals surface area contributed by atoms with Crippen LogP contribution in [0, 0.1) is 0 Å². The number of aromatic nitrogens is 3. The normalized spacial score (nSPS) is 21.4. The molecule has 1 aromatic heterocycles. The molecule has 0 bridgehead atoms. The number of nitrogens with zero attached hydrogens (tertiary/aromatic N) is 4. The summed E-state index contributed by atoms with van der Waals surface area (Å²) >= 11 is 0. The fraction of sp³-hybridized carbons (Fsp3) is 0.750. The SMILES string of the molecule is CN(C(=O)Cn1cc(C(C)(C)O)nn1)C1CCS(=O)(=O)C1. The van der Waals surface area contributed by atoms with Crippen LogP contribution in [0.5, 0.6) is 0 Å². The lowest BCUT2D eigenvalue weighted by Crippen LogP contribution is -2.39. The summed E-state index contributed by atoms with van der Waals surface area (Å²) in [6, 6.07) is -0.278. The van der Waals surface area contributed by atoms with E-state index in [1.54, 1.807) is 20.9 Å². The molecule has 1 N–H and O–H groups in total. The lowest BCUT2D eigenvalue weighted by Gasteiger charge is -2.23. The van der Waals surface area contributed by atoms with E-state index in [9.17, 15) is 18.3 Å². The highest BCUT2D eigenvalue weighted by Gasteiger charge is 2.32. The van der Waals surface area contributed by atoms with E-state index in [4.69, 9.17) is 0 Å². The Hall–Kier alpha value is -1.48. The predicted molar refractivity (Wildman–Crippen MR) is 75.1 cm³/mol. The average Bonchev–Trinajstić information content (AvgIpc) is 2.94. The van der Waals surface area contributed by atoms with Crippen LogP contribution < -0.4 is 0 Å². The number of sulfone groups is 1. The van der Waals surface area contributed by atoms with Gasteiger partial charge in [0.2, 0.25) is 5.91 Å². The lowest BCUT2D eigenvalue weighted by atomic mass is 10.1. The van der Waals surface area contributed by atoms with Crippen molar-refractivity contribution in [3.8, 4) is 0 Å². The molecule has 2 rings (SSSR count). The zero-order valence-corrected chi connectivity index (χ0v) is 13.2. The Morgan fingerprint density at radius 3 is 2.71 bits per heavy atom. The minimum absolute atomic E-state index is 0.0154. The van der Waals surface area contributed by atoms with Gasteiger partial charge in [-0.15, -0.1) is 5.10 Å². The Morgan fingerprint density at radius 2 is 2.24 bits per heavy atom. The number of aliphatic hydroxyl groups is 1. The standard InChI is InChI=1S/C12H20N4O4S/c1-12(2,18)10-6-16(14-13-10)7-11(17)15(3)9-4-5-21(19,20)8-9/h6,9,18H,4-5,7-8H2,1-3H3. The van der Waals surface area contributed by atoms with Crippen LogP contribution in [-0.4, -0.2) is 63.9 Å². The number of carbonyl (C=O) groups is 1. The van der Waals surface area contributed by atoms with Crippen molar-refractivity contribution in [1.29, 1.82) is 0 Å². The van der Waals surface area contributed by atoms with Gasteiger partial charge in [-0.05, 0) is 20.3 Å². The molecular formula is C12H20N4O4S. The molecule has 1 aliphatic heterocycles. The molecule has 1 unspecified atom stereocenters. The van der Waals surface area contributed by atoms with Gasteiger partial charge in [-0.2, -0.15) is 0 Å². The topological polar surface area (TPSA) is 105 Å². The monoisotopic (exact) mass is 316 g/mol. The number of amides is 1. The number of hydrogen-bond acceptors (Lipinski definition) is 6. The quantitative estimate of drug-likeness (QED) is 0.776. The number of rotatable bonds is 4. The summed E-state index contributed by atoms with van der Waals surface area (Å²) in [6.45, 7) is 3.13. The van der Waals surface area contributed by atoms with Crippen LogP contribution in [0.15, 0.2) is 6.20 Å². The van der Waals surface area contributed by atoms with E-state index in [2.05, 4.69) is 10.3 Å². The molecule has 21 heavy (non-hydrogen) atoms. The van der Waals surface area contributed by atoms with Gasteiger partial charge in [0, 0.05) is 13.1 Å². The maximum absolute atomic E-state index is 12.1. The molecule has 9 heteroatoms. The second-order valence-corrected chi connectivity index (χ2v) is 8.15. The van der Waals surface area contributed by atoms with E-state index in [0.29, 0.717) is 12.1 Å². The van der Waals surface area contributed by atoms with Crippen molar-refractivity contribution in [2.24, 2.45) is 0 Å². The zero-order valence-electron chi connectivity index (χ0n) is 12.4. The van der Waals surface area contributed by atoms with Gasteiger partial charge < -0.3 is 10.0 Å². The molecule has 0 radical (unpaired) electrons. The summed E-state index contributed by atoms with van der Waals surface area (Å²) in [5.74, 6) is -0.0903. The third-order valence-corrected chi connectivity index (χ3v) is 5.36. The first kappa shape index (κ1) is 15.9. The number of likely N-dealkylation sites (N-methyl/N-ethyl adjacent to an activating group) is 1. The molecule has 0 aliphatic carbocycles. The molecule has 0 saturated carbocycles. The third-order valence-electron chi connectivity index (χ3n) is 3.61. The zero-order chi connectivity index (χ0) is 15.8. The Morgan fingerprint density at radius 1 is 1.57 bits per heavy atom. The minimum Gasteiger partial charge on any atom is -0.384 e. The second kappa shape index (κ2) is 5.38. The lowest BCUT2D eigenvalue weighted by molar-refractivity contribution is -0.132. The van der Waals surface area contributed by atoms with Gasteiger partial charge in [0.25, 0.3) is 0 Å². The highest BCUT2D eigenvalue weighted by atomic mass is 32.2. The average molecular weight is 316 g/mol. The highest BCUT2D eigenvalue weighted by Crippen LogP contribution is 2.18. The van der Waals surface area contributed by atoms with Gasteiger partial charge in [-0.3, -0.25) is 4.79 Å². The van der Waals surface area contributed by atoms with Gasteiger partial charge >= 0.3 is 0 Å². The third kappa shape index (κ3) is 3.79. The first-order chi connectivity index (χ1) is 9.58. The summed E-state index contributed by atoms with van der Waals surface area (Å²) in [5, 5.41) is 17.4. The largest absolute Gasteiger partial charge is 0.384 e. The van der Waals surface area contributed by atoms with E-state index in [0.717, 1.165) is 0 Å². The first-order valence-electron chi connectivity index (χ1n) is 6.67. The van der Waals surface area contributed by atoms with E-state index >= 15 is 0 Å². The maximum atomic E-state index is 12.1. The van der Waals surface area contributed by atoms with Crippen LogP contribution in [0.1, 0.15) is 26.0 Å². The van der Waals surface area contributed by atoms with E-state index in [1.165, 1.54) is 15.8 Å². The van der Waals surface area contributed by atoms with Gasteiger partial charge in [-0.1, -0.05) is 5.21 Å². The minimum atomic E-state index is -3.02. The Kier molecular flexibility index (Phi) is 4.07. The van der Waals surface area contributed by atoms with Crippen molar-refractivity contribution in [3.05, 3.63) is 11.9 Å². The van der Waals surface area contributed by atoms with Crippen LogP contribution in [0.4, 0.5) is 0 Å². The molecule has 1 saturated heterocycles. The van der Waals surface area contributed by atoms with E-state index in [-0.39, 0.29) is 30.0 Å². The van der Waals surface area contributed by atoms with Crippen molar-refractivity contribution < 1.29 is 18.3 Å². The molecule has 1 atom stereocenters. The molecule has 118 valence electrons. The molecular weight excluding hydrogens is 296 g/mol. The van der Waals surface area contributed by atoms with Crippen molar-refractivity contribution in [1.82, 2.24) is 19.9 Å². The number of carbonyl (C=O) groups excluding carboxylic acids is 1. The van der Waals surface area contributed by atoms with Crippen LogP contribution in [0.2, 0.25) is 0 Å². The maximum Gasteiger partial charge on any atom is 0.244 e. The molecule has 0 spiro atoms. The first-order valence-corrected chi connectivity index (χ1v) is 8.50. The summed E-state index contributed by atoms with van der Waals surface area (Å²) in [7, 11) is -1.42. The molecule has 1 aliphatic rings. The fourth-order valence-corrected chi connectivity index (χ4v) is 3.96. The van der Waals surface area contributed by atoms with E-state index in [1.807, 2.05) is 0 Å². The smallest absolute Gasteiger partial charge is 0.244 e. The Balaban J connectivity index is 2.00. The van der Waals surface area contributed by atoms with Gasteiger partial charge in [0.05, 0.1) is 17.7 Å². The van der Waals surface area contributed by atoms with Crippen LogP contribution >= 0.6 is 0 Å². The molecule has 1 amide bonds. The number of hydrogen-bond donors (Lipinski definition) is 1. The summed E-state index contributed by atoms with van der Waals surface area (Å²) < 4.78 is 24.2. The van der Waals surface area contributed by atoms with Gasteiger partial charge in [0.1, 0.15) is 17.8 Å². The Labute approximate surface area is 123 Å². The molecule has 1 aromatic rings. The van der Waals surface area contributed by atoms with E-state index < -0.39 is 15.4 Å². The van der Waals surface area contributed by atoms with Gasteiger partial charge in [-0.25, -0.2) is 13.1 Å². The van der Waals surface area contributed by atoms with Crippen molar-refractivity contribution in [2.75, 3.05) is 18.6 Å². The van der Waals surface area contributed by atoms with Crippen molar-refractivity contribution >= 4 is 15.7 Å². The van der Waals surface area contributed by atoms with Gasteiger partial charge in [0.15, 0.2) is 9.84 Å². The molecule has 2 heterocycles. The summed E-state index contributed by atoms with van der Waals surface area (Å²) in [6.07, 6.45) is 1.98. The van der Waals surface area contributed by atoms with Crippen LogP contribution in [0.3, 0.4) is 0 Å².